The van der Waals surface area contributed by atoms with E-state index in [1.165, 1.54) is 12.1 Å². The summed E-state index contributed by atoms with van der Waals surface area (Å²) in [6.45, 7) is -3.00. The number of carboxylic acids is 1. The van der Waals surface area contributed by atoms with Crippen molar-refractivity contribution in [2.24, 2.45) is 0 Å². The van der Waals surface area contributed by atoms with Gasteiger partial charge in [-0.05, 0) is 28.1 Å². The number of carboxylic acid groups (broad SMARTS) is 1. The average Bonchev–Trinajstić information content (AvgIpc) is 2.09. The van der Waals surface area contributed by atoms with Gasteiger partial charge in [0.25, 0.3) is 0 Å². The summed E-state index contributed by atoms with van der Waals surface area (Å²) in [6, 6.07) is 2.93. The second kappa shape index (κ2) is 5.58. The predicted octanol–water partition coefficient (Wildman–Crippen LogP) is 3.44. The van der Waals surface area contributed by atoms with Gasteiger partial charge in [0.05, 0.1) is 10.9 Å². The van der Waals surface area contributed by atoms with E-state index in [9.17, 15) is 13.6 Å². The second-order valence-electron chi connectivity index (χ2n) is 2.82. The van der Waals surface area contributed by atoms with Gasteiger partial charge in [-0.2, -0.15) is 8.78 Å². The van der Waals surface area contributed by atoms with Crippen molar-refractivity contribution in [3.63, 3.8) is 0 Å². The van der Waals surface area contributed by atoms with Crippen LogP contribution in [0, 0.1) is 0 Å². The van der Waals surface area contributed by atoms with Crippen molar-refractivity contribution in [2.45, 2.75) is 13.0 Å². The van der Waals surface area contributed by atoms with Crippen LogP contribution in [0.25, 0.3) is 0 Å². The first-order chi connectivity index (χ1) is 7.40. The van der Waals surface area contributed by atoms with Crippen LogP contribution in [-0.4, -0.2) is 17.7 Å². The molecule has 88 valence electrons. The summed E-state index contributed by atoms with van der Waals surface area (Å²) < 4.78 is 29.4. The SMILES string of the molecule is O=C(O)Cc1cc(Br)cc(Br)c1OC(F)F. The number of hydrogen-bond donors (Lipinski definition) is 1. The summed E-state index contributed by atoms with van der Waals surface area (Å²) in [6.07, 6.45) is -0.389. The van der Waals surface area contributed by atoms with Crippen LogP contribution in [-0.2, 0) is 11.2 Å². The Morgan fingerprint density at radius 1 is 1.44 bits per heavy atom. The molecule has 1 aromatic rings. The first-order valence-electron chi connectivity index (χ1n) is 4.04. The number of ether oxygens (including phenoxy) is 1. The quantitative estimate of drug-likeness (QED) is 0.895. The molecule has 0 fully saturated rings. The number of benzene rings is 1. The first kappa shape index (κ1) is 13.4. The monoisotopic (exact) mass is 358 g/mol. The van der Waals surface area contributed by atoms with E-state index in [0.29, 0.717) is 4.47 Å². The van der Waals surface area contributed by atoms with Gasteiger partial charge in [0.1, 0.15) is 5.75 Å². The Morgan fingerprint density at radius 3 is 2.56 bits per heavy atom. The molecule has 0 amide bonds. The van der Waals surface area contributed by atoms with Crippen molar-refractivity contribution in [2.75, 3.05) is 0 Å². The highest BCUT2D eigenvalue weighted by molar-refractivity contribution is 9.11. The molecule has 0 spiro atoms. The van der Waals surface area contributed by atoms with Crippen LogP contribution in [0.15, 0.2) is 21.1 Å². The lowest BCUT2D eigenvalue weighted by molar-refractivity contribution is -0.136. The van der Waals surface area contributed by atoms with Crippen LogP contribution in [0.2, 0.25) is 0 Å². The van der Waals surface area contributed by atoms with Gasteiger partial charge in [0.2, 0.25) is 0 Å². The largest absolute Gasteiger partial charge is 0.481 e. The van der Waals surface area contributed by atoms with E-state index in [1.54, 1.807) is 0 Å². The Morgan fingerprint density at radius 2 is 2.06 bits per heavy atom. The zero-order valence-corrected chi connectivity index (χ0v) is 10.9. The van der Waals surface area contributed by atoms with Crippen molar-refractivity contribution in [1.29, 1.82) is 0 Å². The normalized spacial score (nSPS) is 10.6. The number of aliphatic carboxylic acids is 1. The maximum Gasteiger partial charge on any atom is 0.387 e. The molecule has 1 N–H and O–H groups in total. The highest BCUT2D eigenvalue weighted by Gasteiger charge is 2.16. The number of halogens is 4. The van der Waals surface area contributed by atoms with Crippen molar-refractivity contribution in [3.8, 4) is 5.75 Å². The van der Waals surface area contributed by atoms with E-state index in [1.807, 2.05) is 0 Å². The standard InChI is InChI=1S/C9H6Br2F2O3/c10-5-1-4(2-7(14)15)8(6(11)3-5)16-9(12)13/h1,3,9H,2H2,(H,14,15). The Balaban J connectivity index is 3.15. The summed E-state index contributed by atoms with van der Waals surface area (Å²) in [5, 5.41) is 8.63. The van der Waals surface area contributed by atoms with Crippen LogP contribution in [0.1, 0.15) is 5.56 Å². The molecule has 16 heavy (non-hydrogen) atoms. The van der Waals surface area contributed by atoms with Crippen molar-refractivity contribution < 1.29 is 23.4 Å². The Kier molecular flexibility index (Phi) is 4.67. The fraction of sp³-hybridized carbons (Fsp3) is 0.222. The minimum atomic E-state index is -3.00. The molecule has 0 radical (unpaired) electrons. The highest BCUT2D eigenvalue weighted by Crippen LogP contribution is 2.34. The van der Waals surface area contributed by atoms with E-state index in [2.05, 4.69) is 36.6 Å². The molecule has 0 aliphatic heterocycles. The molecular formula is C9H6Br2F2O3. The van der Waals surface area contributed by atoms with Gasteiger partial charge >= 0.3 is 12.6 Å². The summed E-state index contributed by atoms with van der Waals surface area (Å²) in [4.78, 5) is 10.6. The fourth-order valence-electron chi connectivity index (χ4n) is 1.13. The van der Waals surface area contributed by atoms with Gasteiger partial charge in [-0.15, -0.1) is 0 Å². The molecule has 0 heterocycles. The Labute approximate surface area is 107 Å². The van der Waals surface area contributed by atoms with Crippen molar-refractivity contribution in [3.05, 3.63) is 26.6 Å². The third-order valence-electron chi connectivity index (χ3n) is 1.63. The topological polar surface area (TPSA) is 46.5 Å². The number of hydrogen-bond acceptors (Lipinski definition) is 2. The molecule has 0 atom stereocenters. The molecule has 0 aliphatic carbocycles. The lowest BCUT2D eigenvalue weighted by Crippen LogP contribution is -2.08. The van der Waals surface area contributed by atoms with Crippen molar-refractivity contribution >= 4 is 37.8 Å². The molecule has 3 nitrogen and oxygen atoms in total. The van der Waals surface area contributed by atoms with E-state index in [4.69, 9.17) is 5.11 Å². The molecule has 0 bridgehead atoms. The minimum Gasteiger partial charge on any atom is -0.481 e. The van der Waals surface area contributed by atoms with E-state index >= 15 is 0 Å². The maximum absolute atomic E-state index is 12.1. The number of rotatable bonds is 4. The van der Waals surface area contributed by atoms with Crippen LogP contribution < -0.4 is 4.74 Å². The molecule has 0 saturated heterocycles. The Bertz CT molecular complexity index is 410. The molecule has 0 unspecified atom stereocenters. The third kappa shape index (κ3) is 3.71. The van der Waals surface area contributed by atoms with Gasteiger partial charge in [0.15, 0.2) is 0 Å². The summed E-state index contributed by atoms with van der Waals surface area (Å²) in [7, 11) is 0. The zero-order chi connectivity index (χ0) is 12.3. The summed E-state index contributed by atoms with van der Waals surface area (Å²) in [5.74, 6) is -1.27. The number of alkyl halides is 2. The predicted molar refractivity (Wildman–Crippen MR) is 59.8 cm³/mol. The lowest BCUT2D eigenvalue weighted by atomic mass is 10.1. The zero-order valence-electron chi connectivity index (χ0n) is 7.71. The second-order valence-corrected chi connectivity index (χ2v) is 4.59. The molecule has 0 saturated carbocycles. The molecule has 0 aliphatic rings. The highest BCUT2D eigenvalue weighted by atomic mass is 79.9. The van der Waals surface area contributed by atoms with Crippen LogP contribution in [0.5, 0.6) is 5.75 Å². The number of carbonyl (C=O) groups is 1. The fourth-order valence-corrected chi connectivity index (χ4v) is 2.54. The minimum absolute atomic E-state index is 0.152. The summed E-state index contributed by atoms with van der Waals surface area (Å²) in [5.41, 5.74) is 0.175. The lowest BCUT2D eigenvalue weighted by Gasteiger charge is -2.12. The molecule has 1 aromatic carbocycles. The smallest absolute Gasteiger partial charge is 0.387 e. The van der Waals surface area contributed by atoms with Gasteiger partial charge in [-0.1, -0.05) is 15.9 Å². The third-order valence-corrected chi connectivity index (χ3v) is 2.68. The van der Waals surface area contributed by atoms with Gasteiger partial charge in [-0.25, -0.2) is 0 Å². The van der Waals surface area contributed by atoms with Crippen LogP contribution >= 0.6 is 31.9 Å². The molecule has 1 rings (SSSR count). The van der Waals surface area contributed by atoms with Gasteiger partial charge < -0.3 is 9.84 Å². The van der Waals surface area contributed by atoms with Gasteiger partial charge in [0, 0.05) is 10.0 Å². The average molecular weight is 360 g/mol. The van der Waals surface area contributed by atoms with Gasteiger partial charge in [-0.3, -0.25) is 4.79 Å². The molecule has 0 aromatic heterocycles. The van der Waals surface area contributed by atoms with Crippen LogP contribution in [0.3, 0.4) is 0 Å². The maximum atomic E-state index is 12.1. The first-order valence-corrected chi connectivity index (χ1v) is 5.63. The molecule has 7 heteroatoms. The summed E-state index contributed by atoms with van der Waals surface area (Å²) >= 11 is 6.17. The van der Waals surface area contributed by atoms with E-state index in [-0.39, 0.29) is 22.2 Å². The van der Waals surface area contributed by atoms with Crippen LogP contribution in [0.4, 0.5) is 8.78 Å². The Hall–Kier alpha value is -0.690. The van der Waals surface area contributed by atoms with E-state index < -0.39 is 12.6 Å². The van der Waals surface area contributed by atoms with Crippen molar-refractivity contribution in [1.82, 2.24) is 0 Å². The van der Waals surface area contributed by atoms with E-state index in [0.717, 1.165) is 0 Å². The molecular weight excluding hydrogens is 354 g/mol.